The van der Waals surface area contributed by atoms with Crippen molar-refractivity contribution < 1.29 is 9.59 Å². The highest BCUT2D eigenvalue weighted by Gasteiger charge is 2.30. The van der Waals surface area contributed by atoms with Crippen LogP contribution in [0.1, 0.15) is 65.7 Å². The molecule has 0 aliphatic heterocycles. The second-order valence-electron chi connectivity index (χ2n) is 5.20. The molecule has 3 N–H and O–H groups in total. The molecule has 106 valence electrons. The molecule has 0 radical (unpaired) electrons. The maximum absolute atomic E-state index is 12.1. The van der Waals surface area contributed by atoms with Crippen LogP contribution >= 0.6 is 0 Å². The quantitative estimate of drug-likeness (QED) is 0.589. The third kappa shape index (κ3) is 6.62. The molecule has 1 atom stereocenters. The Hall–Kier alpha value is -1.06. The van der Waals surface area contributed by atoms with Crippen LogP contribution in [0.5, 0.6) is 0 Å². The van der Waals surface area contributed by atoms with Gasteiger partial charge in [0, 0.05) is 18.4 Å². The van der Waals surface area contributed by atoms with Gasteiger partial charge < -0.3 is 11.1 Å². The second-order valence-corrected chi connectivity index (χ2v) is 5.20. The van der Waals surface area contributed by atoms with Crippen molar-refractivity contribution in [2.75, 3.05) is 6.54 Å². The van der Waals surface area contributed by atoms with Gasteiger partial charge in [-0.1, -0.05) is 46.5 Å². The van der Waals surface area contributed by atoms with Crippen molar-refractivity contribution in [1.29, 1.82) is 0 Å². The van der Waals surface area contributed by atoms with Gasteiger partial charge in [-0.25, -0.2) is 0 Å². The van der Waals surface area contributed by atoms with E-state index in [0.717, 1.165) is 19.3 Å². The van der Waals surface area contributed by atoms with Crippen LogP contribution in [-0.4, -0.2) is 18.4 Å². The van der Waals surface area contributed by atoms with Crippen molar-refractivity contribution in [3.8, 4) is 0 Å². The Labute approximate surface area is 111 Å². The van der Waals surface area contributed by atoms with Gasteiger partial charge in [0.05, 0.1) is 0 Å². The monoisotopic (exact) mass is 256 g/mol. The number of primary amides is 1. The van der Waals surface area contributed by atoms with E-state index in [1.54, 1.807) is 0 Å². The Balaban J connectivity index is 4.08. The van der Waals surface area contributed by atoms with Crippen LogP contribution in [0, 0.1) is 5.41 Å². The molecule has 4 heteroatoms. The molecule has 0 heterocycles. The number of carbonyl (C=O) groups is 2. The van der Waals surface area contributed by atoms with Crippen LogP contribution in [0.4, 0.5) is 0 Å². The van der Waals surface area contributed by atoms with Gasteiger partial charge in [-0.05, 0) is 12.8 Å². The molecule has 0 saturated carbocycles. The van der Waals surface area contributed by atoms with Gasteiger partial charge >= 0.3 is 0 Å². The lowest BCUT2D eigenvalue weighted by Crippen LogP contribution is -2.39. The first kappa shape index (κ1) is 16.9. The van der Waals surface area contributed by atoms with E-state index in [-0.39, 0.29) is 23.7 Å². The fourth-order valence-corrected chi connectivity index (χ4v) is 1.91. The van der Waals surface area contributed by atoms with Crippen molar-refractivity contribution in [1.82, 2.24) is 5.32 Å². The van der Waals surface area contributed by atoms with E-state index in [1.165, 1.54) is 19.3 Å². The lowest BCUT2D eigenvalue weighted by molar-refractivity contribution is -0.131. The van der Waals surface area contributed by atoms with Gasteiger partial charge in [0.25, 0.3) is 0 Å². The average Bonchev–Trinajstić information content (AvgIpc) is 2.33. The maximum Gasteiger partial charge on any atom is 0.225 e. The van der Waals surface area contributed by atoms with Crippen LogP contribution in [0.3, 0.4) is 0 Å². The van der Waals surface area contributed by atoms with Crippen LogP contribution in [0.15, 0.2) is 0 Å². The lowest BCUT2D eigenvalue weighted by Gasteiger charge is -2.27. The molecule has 0 fully saturated rings. The number of nitrogens with one attached hydrogen (secondary N) is 1. The lowest BCUT2D eigenvalue weighted by atomic mass is 9.81. The predicted octanol–water partition coefficient (Wildman–Crippen LogP) is 2.36. The number of hydrogen-bond donors (Lipinski definition) is 2. The first-order chi connectivity index (χ1) is 8.46. The molecule has 0 aromatic carbocycles. The molecule has 0 spiro atoms. The first-order valence-electron chi connectivity index (χ1n) is 7.03. The normalized spacial score (nSPS) is 13.9. The van der Waals surface area contributed by atoms with Crippen molar-refractivity contribution >= 4 is 11.8 Å². The molecule has 0 aromatic heterocycles. The first-order valence-corrected chi connectivity index (χ1v) is 7.03. The van der Waals surface area contributed by atoms with Crippen LogP contribution in [0.2, 0.25) is 0 Å². The fraction of sp³-hybridized carbons (Fsp3) is 0.857. The third-order valence-corrected chi connectivity index (χ3v) is 3.57. The summed E-state index contributed by atoms with van der Waals surface area (Å²) in [6, 6.07) is 0. The molecule has 0 aliphatic rings. The summed E-state index contributed by atoms with van der Waals surface area (Å²) < 4.78 is 0. The molecule has 0 aliphatic carbocycles. The summed E-state index contributed by atoms with van der Waals surface area (Å²) in [5.41, 5.74) is 4.73. The van der Waals surface area contributed by atoms with E-state index in [1.807, 2.05) is 13.8 Å². The molecular formula is C14H28N2O2. The Morgan fingerprint density at radius 2 is 1.83 bits per heavy atom. The van der Waals surface area contributed by atoms with Crippen LogP contribution in [0.25, 0.3) is 0 Å². The molecule has 0 saturated heterocycles. The van der Waals surface area contributed by atoms with Crippen molar-refractivity contribution in [2.24, 2.45) is 11.1 Å². The summed E-state index contributed by atoms with van der Waals surface area (Å²) >= 11 is 0. The molecule has 0 rings (SSSR count). The number of hydrogen-bond acceptors (Lipinski definition) is 2. The fourth-order valence-electron chi connectivity index (χ4n) is 1.91. The van der Waals surface area contributed by atoms with E-state index < -0.39 is 0 Å². The molecule has 1 unspecified atom stereocenters. The van der Waals surface area contributed by atoms with Crippen molar-refractivity contribution in [3.05, 3.63) is 0 Å². The zero-order valence-corrected chi connectivity index (χ0v) is 12.1. The molecule has 4 nitrogen and oxygen atoms in total. The smallest absolute Gasteiger partial charge is 0.225 e. The minimum absolute atomic E-state index is 0.0442. The number of rotatable bonds is 10. The van der Waals surface area contributed by atoms with Crippen molar-refractivity contribution in [3.63, 3.8) is 0 Å². The van der Waals surface area contributed by atoms with Gasteiger partial charge in [0.2, 0.25) is 11.8 Å². The molecular weight excluding hydrogens is 228 g/mol. The molecule has 2 amide bonds. The van der Waals surface area contributed by atoms with Gasteiger partial charge in [-0.15, -0.1) is 0 Å². The zero-order chi connectivity index (χ0) is 14.0. The largest absolute Gasteiger partial charge is 0.370 e. The Morgan fingerprint density at radius 3 is 2.33 bits per heavy atom. The summed E-state index contributed by atoms with van der Waals surface area (Å²) in [5, 5.41) is 2.81. The number of carbonyl (C=O) groups excluding carboxylic acids is 2. The maximum atomic E-state index is 12.1. The zero-order valence-electron chi connectivity index (χ0n) is 12.1. The van der Waals surface area contributed by atoms with Crippen LogP contribution in [-0.2, 0) is 9.59 Å². The van der Waals surface area contributed by atoms with Crippen molar-refractivity contribution in [2.45, 2.75) is 65.7 Å². The number of amides is 2. The molecule has 0 aromatic rings. The standard InChI is InChI=1S/C14H28N2O2/c1-4-6-7-8-10-14(3,5-2)13(18)16-11-9-12(15)17/h4-11H2,1-3H3,(H2,15,17)(H,16,18). The topological polar surface area (TPSA) is 72.2 Å². The highest BCUT2D eigenvalue weighted by atomic mass is 16.2. The average molecular weight is 256 g/mol. The van der Waals surface area contributed by atoms with Gasteiger partial charge in [-0.2, -0.15) is 0 Å². The Bertz CT molecular complexity index is 267. The summed E-state index contributed by atoms with van der Waals surface area (Å²) in [6.45, 7) is 6.56. The number of nitrogens with two attached hydrogens (primary N) is 1. The highest BCUT2D eigenvalue weighted by molar-refractivity contribution is 5.82. The minimum Gasteiger partial charge on any atom is -0.370 e. The van der Waals surface area contributed by atoms with Gasteiger partial charge in [0.1, 0.15) is 0 Å². The third-order valence-electron chi connectivity index (χ3n) is 3.57. The highest BCUT2D eigenvalue weighted by Crippen LogP contribution is 2.28. The van der Waals surface area contributed by atoms with E-state index >= 15 is 0 Å². The summed E-state index contributed by atoms with van der Waals surface area (Å²) in [6.07, 6.45) is 6.63. The van der Waals surface area contributed by atoms with E-state index in [2.05, 4.69) is 12.2 Å². The predicted molar refractivity (Wildman–Crippen MR) is 74.0 cm³/mol. The van der Waals surface area contributed by atoms with E-state index in [9.17, 15) is 9.59 Å². The van der Waals surface area contributed by atoms with Gasteiger partial charge in [-0.3, -0.25) is 9.59 Å². The van der Waals surface area contributed by atoms with E-state index in [0.29, 0.717) is 6.54 Å². The Kier molecular flexibility index (Phi) is 8.42. The van der Waals surface area contributed by atoms with Crippen LogP contribution < -0.4 is 11.1 Å². The van der Waals surface area contributed by atoms with Gasteiger partial charge in [0.15, 0.2) is 0 Å². The molecule has 0 bridgehead atoms. The summed E-state index contributed by atoms with van der Waals surface area (Å²) in [7, 11) is 0. The number of unbranched alkanes of at least 4 members (excludes halogenated alkanes) is 3. The SMILES string of the molecule is CCCCCCC(C)(CC)C(=O)NCCC(N)=O. The van der Waals surface area contributed by atoms with E-state index in [4.69, 9.17) is 5.73 Å². The molecule has 18 heavy (non-hydrogen) atoms. The summed E-state index contributed by atoms with van der Waals surface area (Å²) in [4.78, 5) is 22.7. The second kappa shape index (κ2) is 8.95. The summed E-state index contributed by atoms with van der Waals surface area (Å²) in [5.74, 6) is -0.334. The Morgan fingerprint density at radius 1 is 1.17 bits per heavy atom. The minimum atomic E-state index is -0.378.